The summed E-state index contributed by atoms with van der Waals surface area (Å²) in [6, 6.07) is 6.38. The van der Waals surface area contributed by atoms with Gasteiger partial charge in [0.1, 0.15) is 22.8 Å². The molecule has 4 rings (SSSR count). The molecule has 1 aliphatic rings. The van der Waals surface area contributed by atoms with Gasteiger partial charge in [0.25, 0.3) is 0 Å². The maximum absolute atomic E-state index is 4.50. The van der Waals surface area contributed by atoms with Crippen molar-refractivity contribution in [2.24, 2.45) is 0 Å². The highest BCUT2D eigenvalue weighted by molar-refractivity contribution is 7.18. The summed E-state index contributed by atoms with van der Waals surface area (Å²) in [6.07, 6.45) is 6.05. The van der Waals surface area contributed by atoms with Gasteiger partial charge in [0, 0.05) is 30.7 Å². The van der Waals surface area contributed by atoms with Crippen LogP contribution >= 0.6 is 11.3 Å². The lowest BCUT2D eigenvalue weighted by Crippen LogP contribution is -2.19. The number of aromatic nitrogens is 3. The first-order valence-corrected chi connectivity index (χ1v) is 8.76. The molecule has 0 atom stereocenters. The number of anilines is 2. The van der Waals surface area contributed by atoms with Crippen molar-refractivity contribution in [3.05, 3.63) is 41.2 Å². The molecule has 3 aromatic heterocycles. The van der Waals surface area contributed by atoms with E-state index in [1.54, 1.807) is 17.7 Å². The van der Waals surface area contributed by atoms with E-state index in [4.69, 9.17) is 0 Å². The van der Waals surface area contributed by atoms with Gasteiger partial charge < -0.3 is 10.2 Å². The molecule has 4 heterocycles. The van der Waals surface area contributed by atoms with Crippen molar-refractivity contribution in [3.8, 4) is 0 Å². The summed E-state index contributed by atoms with van der Waals surface area (Å²) in [7, 11) is 0. The Morgan fingerprint density at radius 3 is 2.91 bits per heavy atom. The first-order chi connectivity index (χ1) is 11.3. The van der Waals surface area contributed by atoms with Crippen LogP contribution in [0, 0.1) is 6.92 Å². The van der Waals surface area contributed by atoms with Crippen molar-refractivity contribution in [1.82, 2.24) is 15.0 Å². The van der Waals surface area contributed by atoms with Crippen molar-refractivity contribution in [1.29, 1.82) is 0 Å². The Labute approximate surface area is 139 Å². The van der Waals surface area contributed by atoms with E-state index in [9.17, 15) is 0 Å². The van der Waals surface area contributed by atoms with Crippen molar-refractivity contribution < 1.29 is 0 Å². The van der Waals surface area contributed by atoms with Crippen LogP contribution in [0.25, 0.3) is 10.2 Å². The number of hydrogen-bond donors (Lipinski definition) is 1. The highest BCUT2D eigenvalue weighted by Crippen LogP contribution is 2.27. The van der Waals surface area contributed by atoms with Gasteiger partial charge in [0.05, 0.1) is 5.39 Å². The highest BCUT2D eigenvalue weighted by Gasteiger charge is 2.13. The van der Waals surface area contributed by atoms with Gasteiger partial charge in [-0.2, -0.15) is 0 Å². The Morgan fingerprint density at radius 2 is 2.04 bits per heavy atom. The predicted molar refractivity (Wildman–Crippen MR) is 95.2 cm³/mol. The van der Waals surface area contributed by atoms with Gasteiger partial charge in [-0.1, -0.05) is 0 Å². The number of pyridine rings is 1. The van der Waals surface area contributed by atoms with Crippen LogP contribution in [0.3, 0.4) is 0 Å². The molecule has 0 radical (unpaired) electrons. The minimum atomic E-state index is 0.740. The van der Waals surface area contributed by atoms with Gasteiger partial charge in [-0.3, -0.25) is 0 Å². The SMILES string of the molecule is Cc1cc2c(NCc3ccnc(N4CCCC4)c3)ncnc2s1. The van der Waals surface area contributed by atoms with Crippen LogP contribution in [0.2, 0.25) is 0 Å². The second-order valence-electron chi connectivity index (χ2n) is 5.87. The van der Waals surface area contributed by atoms with Gasteiger partial charge in [-0.15, -0.1) is 11.3 Å². The Kier molecular flexibility index (Phi) is 3.83. The molecule has 1 aliphatic heterocycles. The maximum atomic E-state index is 4.50. The molecule has 3 aromatic rings. The Morgan fingerprint density at radius 1 is 1.17 bits per heavy atom. The topological polar surface area (TPSA) is 53.9 Å². The summed E-state index contributed by atoms with van der Waals surface area (Å²) in [5.41, 5.74) is 1.22. The molecule has 0 unspecified atom stereocenters. The number of nitrogens with one attached hydrogen (secondary N) is 1. The zero-order valence-corrected chi connectivity index (χ0v) is 13.9. The third kappa shape index (κ3) is 2.99. The quantitative estimate of drug-likeness (QED) is 0.794. The second kappa shape index (κ2) is 6.12. The van der Waals surface area contributed by atoms with Gasteiger partial charge >= 0.3 is 0 Å². The average Bonchev–Trinajstić information content (AvgIpc) is 3.22. The van der Waals surface area contributed by atoms with Gasteiger partial charge in [0.2, 0.25) is 0 Å². The van der Waals surface area contributed by atoms with E-state index >= 15 is 0 Å². The molecular formula is C17H19N5S. The van der Waals surface area contributed by atoms with E-state index in [0.29, 0.717) is 0 Å². The lowest BCUT2D eigenvalue weighted by molar-refractivity contribution is 0.931. The minimum Gasteiger partial charge on any atom is -0.365 e. The summed E-state index contributed by atoms with van der Waals surface area (Å²) in [5.74, 6) is 1.99. The summed E-state index contributed by atoms with van der Waals surface area (Å²) < 4.78 is 0. The molecule has 1 fully saturated rings. The lowest BCUT2D eigenvalue weighted by atomic mass is 10.2. The van der Waals surface area contributed by atoms with E-state index < -0.39 is 0 Å². The molecule has 0 bridgehead atoms. The molecule has 5 nitrogen and oxygen atoms in total. The van der Waals surface area contributed by atoms with Crippen molar-refractivity contribution in [2.75, 3.05) is 23.3 Å². The summed E-state index contributed by atoms with van der Waals surface area (Å²) in [6.45, 7) is 5.07. The van der Waals surface area contributed by atoms with Crippen LogP contribution in [0.4, 0.5) is 11.6 Å². The van der Waals surface area contributed by atoms with Crippen LogP contribution in [-0.2, 0) is 6.54 Å². The Hall–Kier alpha value is -2.21. The maximum Gasteiger partial charge on any atom is 0.138 e. The summed E-state index contributed by atoms with van der Waals surface area (Å²) >= 11 is 1.70. The molecule has 1 saturated heterocycles. The fourth-order valence-electron chi connectivity index (χ4n) is 2.99. The molecule has 1 N–H and O–H groups in total. The lowest BCUT2D eigenvalue weighted by Gasteiger charge is -2.17. The molecule has 0 aromatic carbocycles. The molecule has 0 amide bonds. The van der Waals surface area contributed by atoms with E-state index in [-0.39, 0.29) is 0 Å². The number of aryl methyl sites for hydroxylation is 1. The number of rotatable bonds is 4. The van der Waals surface area contributed by atoms with Crippen molar-refractivity contribution in [3.63, 3.8) is 0 Å². The molecular weight excluding hydrogens is 306 g/mol. The average molecular weight is 325 g/mol. The third-order valence-corrected chi connectivity index (χ3v) is 5.11. The molecule has 0 aliphatic carbocycles. The number of thiophene rings is 1. The van der Waals surface area contributed by atoms with Crippen molar-refractivity contribution >= 4 is 33.2 Å². The molecule has 0 saturated carbocycles. The fraction of sp³-hybridized carbons (Fsp3) is 0.353. The van der Waals surface area contributed by atoms with Crippen LogP contribution in [0.1, 0.15) is 23.3 Å². The van der Waals surface area contributed by atoms with Crippen LogP contribution < -0.4 is 10.2 Å². The number of hydrogen-bond acceptors (Lipinski definition) is 6. The molecule has 118 valence electrons. The zero-order valence-electron chi connectivity index (χ0n) is 13.1. The second-order valence-corrected chi connectivity index (χ2v) is 7.10. The Balaban J connectivity index is 1.53. The fourth-order valence-corrected chi connectivity index (χ4v) is 3.84. The van der Waals surface area contributed by atoms with Gasteiger partial charge in [0.15, 0.2) is 0 Å². The zero-order chi connectivity index (χ0) is 15.6. The summed E-state index contributed by atoms with van der Waals surface area (Å²) in [4.78, 5) is 17.9. The normalized spacial score (nSPS) is 14.6. The minimum absolute atomic E-state index is 0.740. The van der Waals surface area contributed by atoms with E-state index in [1.807, 2.05) is 6.20 Å². The molecule has 23 heavy (non-hydrogen) atoms. The van der Waals surface area contributed by atoms with Crippen LogP contribution in [-0.4, -0.2) is 28.0 Å². The first-order valence-electron chi connectivity index (χ1n) is 7.94. The monoisotopic (exact) mass is 325 g/mol. The van der Waals surface area contributed by atoms with Crippen LogP contribution in [0.15, 0.2) is 30.7 Å². The smallest absolute Gasteiger partial charge is 0.138 e. The van der Waals surface area contributed by atoms with Crippen LogP contribution in [0.5, 0.6) is 0 Å². The van der Waals surface area contributed by atoms with E-state index in [2.05, 4.69) is 50.3 Å². The van der Waals surface area contributed by atoms with Gasteiger partial charge in [-0.25, -0.2) is 15.0 Å². The highest BCUT2D eigenvalue weighted by atomic mass is 32.1. The molecule has 6 heteroatoms. The largest absolute Gasteiger partial charge is 0.365 e. The van der Waals surface area contributed by atoms with E-state index in [0.717, 1.165) is 41.5 Å². The first kappa shape index (κ1) is 14.4. The van der Waals surface area contributed by atoms with Gasteiger partial charge in [-0.05, 0) is 43.5 Å². The number of nitrogens with zero attached hydrogens (tertiary/aromatic N) is 4. The molecule has 0 spiro atoms. The summed E-state index contributed by atoms with van der Waals surface area (Å²) in [5, 5.41) is 4.55. The standard InChI is InChI=1S/C17H19N5S/c1-12-8-14-16(20-11-21-17(14)23-12)19-10-13-4-5-18-15(9-13)22-6-2-3-7-22/h4-5,8-9,11H,2-3,6-7,10H2,1H3,(H,19,20,21). The van der Waals surface area contributed by atoms with E-state index in [1.165, 1.54) is 23.3 Å². The van der Waals surface area contributed by atoms with Crippen molar-refractivity contribution in [2.45, 2.75) is 26.3 Å². The Bertz CT molecular complexity index is 823. The predicted octanol–water partition coefficient (Wildman–Crippen LogP) is 3.61. The number of fused-ring (bicyclic) bond motifs is 1. The third-order valence-electron chi connectivity index (χ3n) is 4.15.